The summed E-state index contributed by atoms with van der Waals surface area (Å²) in [4.78, 5) is -0.0737. The first-order valence-electron chi connectivity index (χ1n) is 7.83. The van der Waals surface area contributed by atoms with Crippen LogP contribution in [0.25, 0.3) is 0 Å². The number of hydrogen-bond acceptors (Lipinski definition) is 2. The molecule has 0 saturated carbocycles. The average molecular weight is 441 g/mol. The van der Waals surface area contributed by atoms with Crippen LogP contribution in [-0.4, -0.2) is 14.3 Å². The van der Waals surface area contributed by atoms with Crippen LogP contribution in [0.15, 0.2) is 76.0 Å². The molecule has 28 heavy (non-hydrogen) atoms. The van der Waals surface area contributed by atoms with Gasteiger partial charge in [0.05, 0.1) is 9.92 Å². The molecule has 144 valence electrons. The summed E-state index contributed by atoms with van der Waals surface area (Å²) >= 11 is 11.6. The highest BCUT2D eigenvalue weighted by Gasteiger charge is 2.16. The Morgan fingerprint density at radius 1 is 0.893 bits per heavy atom. The molecule has 0 heterocycles. The minimum Gasteiger partial charge on any atom is -0.339 e. The maximum atomic E-state index is 13.4. The molecule has 0 radical (unpaired) electrons. The van der Waals surface area contributed by atoms with Gasteiger partial charge in [0, 0.05) is 16.3 Å². The van der Waals surface area contributed by atoms with Crippen LogP contribution < -0.4 is 5.32 Å². The Balaban J connectivity index is 2.06. The highest BCUT2D eigenvalue weighted by Crippen LogP contribution is 2.22. The van der Waals surface area contributed by atoms with Gasteiger partial charge in [0.2, 0.25) is 0 Å². The number of hydrogen-bond donors (Lipinski definition) is 1. The molecule has 0 fully saturated rings. The van der Waals surface area contributed by atoms with Gasteiger partial charge in [-0.1, -0.05) is 23.2 Å². The van der Waals surface area contributed by atoms with Crippen LogP contribution in [-0.2, 0) is 10.0 Å². The molecule has 3 aromatic carbocycles. The first-order chi connectivity index (χ1) is 13.2. The summed E-state index contributed by atoms with van der Waals surface area (Å²) in [6.07, 6.45) is 0. The zero-order valence-corrected chi connectivity index (χ0v) is 16.4. The molecule has 0 aliphatic rings. The van der Waals surface area contributed by atoms with Gasteiger partial charge in [-0.2, -0.15) is 8.42 Å². The van der Waals surface area contributed by atoms with E-state index in [4.69, 9.17) is 23.2 Å². The molecular weight excluding hydrogens is 429 g/mol. The van der Waals surface area contributed by atoms with Crippen molar-refractivity contribution in [1.82, 2.24) is 0 Å². The van der Waals surface area contributed by atoms with Crippen molar-refractivity contribution in [1.29, 1.82) is 0 Å². The minimum absolute atomic E-state index is 0.0737. The summed E-state index contributed by atoms with van der Waals surface area (Å²) in [6.45, 7) is 0. The lowest BCUT2D eigenvalue weighted by molar-refractivity contribution is 0.598. The molecule has 0 spiro atoms. The van der Waals surface area contributed by atoms with Gasteiger partial charge in [0.15, 0.2) is 5.84 Å². The van der Waals surface area contributed by atoms with Gasteiger partial charge in [-0.05, 0) is 66.7 Å². The van der Waals surface area contributed by atoms with Gasteiger partial charge in [0.1, 0.15) is 11.6 Å². The minimum atomic E-state index is -4.11. The summed E-state index contributed by atoms with van der Waals surface area (Å²) in [5.74, 6) is -1.20. The lowest BCUT2D eigenvalue weighted by atomic mass is 10.2. The van der Waals surface area contributed by atoms with E-state index >= 15 is 0 Å². The quantitative estimate of drug-likeness (QED) is 0.429. The van der Waals surface area contributed by atoms with E-state index in [1.165, 1.54) is 60.7 Å². The number of benzene rings is 3. The lowest BCUT2D eigenvalue weighted by Gasteiger charge is -2.11. The van der Waals surface area contributed by atoms with Crippen molar-refractivity contribution < 1.29 is 17.2 Å². The fourth-order valence-electron chi connectivity index (χ4n) is 2.25. The number of nitrogens with zero attached hydrogens (tertiary/aromatic N) is 1. The summed E-state index contributed by atoms with van der Waals surface area (Å²) in [5, 5.41) is 3.02. The molecule has 1 N–H and O–H groups in total. The highest BCUT2D eigenvalue weighted by molar-refractivity contribution is 7.90. The maximum absolute atomic E-state index is 13.4. The fourth-order valence-corrected chi connectivity index (χ4v) is 3.53. The van der Waals surface area contributed by atoms with Gasteiger partial charge in [0.25, 0.3) is 10.0 Å². The van der Waals surface area contributed by atoms with Crippen molar-refractivity contribution in [3.05, 3.63) is 94.0 Å². The Labute approximate surface area is 170 Å². The second-order valence-electron chi connectivity index (χ2n) is 5.63. The van der Waals surface area contributed by atoms with Gasteiger partial charge in [-0.15, -0.1) is 4.40 Å². The van der Waals surface area contributed by atoms with Crippen molar-refractivity contribution in [2.75, 3.05) is 5.32 Å². The zero-order chi connectivity index (χ0) is 20.3. The molecular formula is C19H12Cl2F2N2O2S. The summed E-state index contributed by atoms with van der Waals surface area (Å²) in [5.41, 5.74) is 0.611. The number of halogens is 4. The van der Waals surface area contributed by atoms with Crippen molar-refractivity contribution in [3.63, 3.8) is 0 Å². The summed E-state index contributed by atoms with van der Waals surface area (Å²) < 4.78 is 55.8. The Morgan fingerprint density at radius 3 is 2.14 bits per heavy atom. The van der Waals surface area contributed by atoms with E-state index in [2.05, 4.69) is 9.71 Å². The molecule has 4 nitrogen and oxygen atoms in total. The van der Waals surface area contributed by atoms with Crippen molar-refractivity contribution in [2.24, 2.45) is 4.40 Å². The number of rotatable bonds is 4. The molecule has 0 aliphatic heterocycles. The third kappa shape index (κ3) is 4.86. The molecule has 0 amide bonds. The summed E-state index contributed by atoms with van der Waals surface area (Å²) in [6, 6.07) is 14.3. The Morgan fingerprint density at radius 2 is 1.54 bits per heavy atom. The average Bonchev–Trinajstić information content (AvgIpc) is 2.65. The van der Waals surface area contributed by atoms with Crippen molar-refractivity contribution in [2.45, 2.75) is 4.90 Å². The van der Waals surface area contributed by atoms with E-state index in [9.17, 15) is 17.2 Å². The lowest BCUT2D eigenvalue weighted by Crippen LogP contribution is -2.16. The predicted molar refractivity (Wildman–Crippen MR) is 107 cm³/mol. The SMILES string of the molecule is O=S(=O)(/N=C(\Nc1ccc(F)c(Cl)c1)c1ccc(F)cc1)c1ccc(Cl)cc1. The number of amidine groups is 1. The maximum Gasteiger partial charge on any atom is 0.284 e. The molecule has 0 atom stereocenters. The Bertz CT molecular complexity index is 1130. The van der Waals surface area contributed by atoms with Crippen molar-refractivity contribution >= 4 is 44.7 Å². The Hall–Kier alpha value is -2.48. The van der Waals surface area contributed by atoms with Crippen molar-refractivity contribution in [3.8, 4) is 0 Å². The van der Waals surface area contributed by atoms with Crippen LogP contribution in [0.4, 0.5) is 14.5 Å². The standard InChI is InChI=1S/C19H12Cl2F2N2O2S/c20-13-3-8-16(9-4-13)28(26,27)25-19(12-1-5-14(22)6-2-12)24-15-7-10-18(23)17(21)11-15/h1-11H,(H,24,25). The van der Waals surface area contributed by atoms with E-state index < -0.39 is 21.7 Å². The molecule has 9 heteroatoms. The largest absolute Gasteiger partial charge is 0.339 e. The van der Waals surface area contributed by atoms with Crippen LogP contribution in [0, 0.1) is 11.6 Å². The number of sulfonamides is 1. The second-order valence-corrected chi connectivity index (χ2v) is 8.08. The van der Waals surface area contributed by atoms with Gasteiger partial charge in [-0.25, -0.2) is 8.78 Å². The van der Waals surface area contributed by atoms with Crippen LogP contribution in [0.3, 0.4) is 0 Å². The highest BCUT2D eigenvalue weighted by atomic mass is 35.5. The van der Waals surface area contributed by atoms with Gasteiger partial charge >= 0.3 is 0 Å². The first kappa shape index (κ1) is 20.3. The molecule has 0 aliphatic carbocycles. The third-order valence-corrected chi connectivity index (χ3v) is 5.46. The van der Waals surface area contributed by atoms with E-state index in [-0.39, 0.29) is 15.8 Å². The first-order valence-corrected chi connectivity index (χ1v) is 10.0. The molecule has 3 aromatic rings. The van der Waals surface area contributed by atoms with Crippen LogP contribution >= 0.6 is 23.2 Å². The normalized spacial score (nSPS) is 12.1. The van der Waals surface area contributed by atoms with Crippen LogP contribution in [0.1, 0.15) is 5.56 Å². The smallest absolute Gasteiger partial charge is 0.284 e. The molecule has 0 aromatic heterocycles. The summed E-state index contributed by atoms with van der Waals surface area (Å²) in [7, 11) is -4.11. The fraction of sp³-hybridized carbons (Fsp3) is 0. The Kier molecular flexibility index (Phi) is 5.98. The third-order valence-electron chi connectivity index (χ3n) is 3.62. The predicted octanol–water partition coefficient (Wildman–Crippen LogP) is 5.52. The van der Waals surface area contributed by atoms with E-state index in [1.54, 1.807) is 0 Å². The van der Waals surface area contributed by atoms with Crippen LogP contribution in [0.2, 0.25) is 10.0 Å². The monoisotopic (exact) mass is 440 g/mol. The molecule has 0 bridgehead atoms. The molecule has 0 saturated heterocycles. The zero-order valence-electron chi connectivity index (χ0n) is 14.0. The van der Waals surface area contributed by atoms with E-state index in [1.807, 2.05) is 0 Å². The van der Waals surface area contributed by atoms with E-state index in [0.29, 0.717) is 16.3 Å². The van der Waals surface area contributed by atoms with Gasteiger partial charge < -0.3 is 5.32 Å². The van der Waals surface area contributed by atoms with Crippen LogP contribution in [0.5, 0.6) is 0 Å². The van der Waals surface area contributed by atoms with Gasteiger partial charge in [-0.3, -0.25) is 0 Å². The number of anilines is 1. The molecule has 3 rings (SSSR count). The molecule has 0 unspecified atom stereocenters. The number of nitrogens with one attached hydrogen (secondary N) is 1. The second kappa shape index (κ2) is 8.26. The topological polar surface area (TPSA) is 58.5 Å². The van der Waals surface area contributed by atoms with E-state index in [0.717, 1.165) is 6.07 Å².